The average Bonchev–Trinajstić information content (AvgIpc) is 3.35. The van der Waals surface area contributed by atoms with Crippen LogP contribution in [0.4, 0.5) is 0 Å². The third-order valence-electron chi connectivity index (χ3n) is 7.55. The molecule has 194 valence electrons. The fourth-order valence-corrected chi connectivity index (χ4v) is 7.24. The molecule has 7 heteroatoms. The molecule has 0 spiro atoms. The van der Waals surface area contributed by atoms with Crippen LogP contribution >= 0.6 is 0 Å². The van der Waals surface area contributed by atoms with E-state index in [9.17, 15) is 13.2 Å². The second-order valence-electron chi connectivity index (χ2n) is 10.7. The maximum absolute atomic E-state index is 13.9. The first kappa shape index (κ1) is 25.3. The molecule has 2 aromatic heterocycles. The smallest absolute Gasteiger partial charge is 0.325 e. The number of carbonyl (C=O) groups is 1. The first-order chi connectivity index (χ1) is 17.6. The standard InChI is InChI=1S/C30H34N2O4S/c1-5-36-29(33)20-31-21(2)26(25-15-16-30(3,4)19-28(25)31)18-23-17-22-11-9-10-14-27(22)32(23)37(34,35)24-12-7-6-8-13-24/h6-14,17H,5,15-16,18-20H2,1-4H3. The van der Waals surface area contributed by atoms with Crippen molar-refractivity contribution >= 4 is 26.9 Å². The van der Waals surface area contributed by atoms with Crippen molar-refractivity contribution in [3.05, 3.63) is 88.9 Å². The number of benzene rings is 2. The van der Waals surface area contributed by atoms with Gasteiger partial charge in [0.1, 0.15) is 6.54 Å². The topological polar surface area (TPSA) is 70.3 Å². The van der Waals surface area contributed by atoms with Gasteiger partial charge in [-0.1, -0.05) is 50.2 Å². The van der Waals surface area contributed by atoms with E-state index in [-0.39, 0.29) is 22.8 Å². The number of esters is 1. The van der Waals surface area contributed by atoms with E-state index in [1.165, 1.54) is 15.2 Å². The molecule has 0 fully saturated rings. The number of rotatable bonds is 7. The molecule has 0 radical (unpaired) electrons. The quantitative estimate of drug-likeness (QED) is 0.296. The lowest BCUT2D eigenvalue weighted by Crippen LogP contribution is -2.25. The van der Waals surface area contributed by atoms with E-state index in [0.717, 1.165) is 35.9 Å². The van der Waals surface area contributed by atoms with Crippen LogP contribution in [0.15, 0.2) is 65.6 Å². The van der Waals surface area contributed by atoms with Crippen molar-refractivity contribution in [2.75, 3.05) is 6.61 Å². The summed E-state index contributed by atoms with van der Waals surface area (Å²) in [7, 11) is -3.81. The lowest BCUT2D eigenvalue weighted by atomic mass is 9.76. The van der Waals surface area contributed by atoms with Crippen molar-refractivity contribution in [3.63, 3.8) is 0 Å². The predicted molar refractivity (Wildman–Crippen MR) is 145 cm³/mol. The summed E-state index contributed by atoms with van der Waals surface area (Å²) in [6.45, 7) is 8.89. The summed E-state index contributed by atoms with van der Waals surface area (Å²) in [5, 5.41) is 0.885. The highest BCUT2D eigenvalue weighted by molar-refractivity contribution is 7.90. The Morgan fingerprint density at radius 2 is 1.76 bits per heavy atom. The Bertz CT molecular complexity index is 1580. The minimum Gasteiger partial charge on any atom is -0.465 e. The molecular formula is C30H34N2O4S. The number of nitrogens with zero attached hydrogens (tertiary/aromatic N) is 2. The zero-order valence-corrected chi connectivity index (χ0v) is 22.8. The highest BCUT2D eigenvalue weighted by atomic mass is 32.2. The summed E-state index contributed by atoms with van der Waals surface area (Å²) in [5.41, 5.74) is 6.05. The average molecular weight is 519 g/mol. The normalized spacial score (nSPS) is 15.0. The minimum atomic E-state index is -3.81. The van der Waals surface area contributed by atoms with Crippen molar-refractivity contribution < 1.29 is 17.9 Å². The van der Waals surface area contributed by atoms with Gasteiger partial charge in [0.05, 0.1) is 17.0 Å². The Kier molecular flexibility index (Phi) is 6.52. The molecule has 0 N–H and O–H groups in total. The van der Waals surface area contributed by atoms with E-state index in [4.69, 9.17) is 4.74 Å². The van der Waals surface area contributed by atoms with Crippen molar-refractivity contribution in [3.8, 4) is 0 Å². The molecule has 5 rings (SSSR count). The number of hydrogen-bond donors (Lipinski definition) is 0. The summed E-state index contributed by atoms with van der Waals surface area (Å²) < 4.78 is 36.7. The molecule has 6 nitrogen and oxygen atoms in total. The lowest BCUT2D eigenvalue weighted by molar-refractivity contribution is -0.143. The number of carbonyl (C=O) groups excluding carboxylic acids is 1. The molecular weight excluding hydrogens is 484 g/mol. The second kappa shape index (κ2) is 9.53. The lowest BCUT2D eigenvalue weighted by Gasteiger charge is -2.31. The van der Waals surface area contributed by atoms with Crippen LogP contribution in [0.1, 0.15) is 55.4 Å². The van der Waals surface area contributed by atoms with Crippen molar-refractivity contribution in [2.45, 2.75) is 64.8 Å². The summed E-state index contributed by atoms with van der Waals surface area (Å²) in [6.07, 6.45) is 3.28. The molecule has 0 saturated heterocycles. The highest BCUT2D eigenvalue weighted by Crippen LogP contribution is 2.40. The van der Waals surface area contributed by atoms with Gasteiger partial charge in [-0.3, -0.25) is 4.79 Å². The van der Waals surface area contributed by atoms with Crippen molar-refractivity contribution in [1.82, 2.24) is 8.54 Å². The Labute approximate surface area is 218 Å². The van der Waals surface area contributed by atoms with E-state index in [0.29, 0.717) is 24.2 Å². The zero-order valence-electron chi connectivity index (χ0n) is 22.0. The van der Waals surface area contributed by atoms with Crippen LogP contribution in [0.2, 0.25) is 0 Å². The van der Waals surface area contributed by atoms with Gasteiger partial charge in [0.25, 0.3) is 10.0 Å². The third-order valence-corrected chi connectivity index (χ3v) is 9.33. The van der Waals surface area contributed by atoms with Gasteiger partial charge < -0.3 is 9.30 Å². The summed E-state index contributed by atoms with van der Waals surface area (Å²) in [5.74, 6) is -0.251. The van der Waals surface area contributed by atoms with E-state index >= 15 is 0 Å². The van der Waals surface area contributed by atoms with Gasteiger partial charge in [-0.25, -0.2) is 12.4 Å². The van der Waals surface area contributed by atoms with Crippen molar-refractivity contribution in [2.24, 2.45) is 5.41 Å². The Morgan fingerprint density at radius 3 is 2.49 bits per heavy atom. The van der Waals surface area contributed by atoms with Gasteiger partial charge >= 0.3 is 5.97 Å². The fourth-order valence-electron chi connectivity index (χ4n) is 5.68. The summed E-state index contributed by atoms with van der Waals surface area (Å²) >= 11 is 0. The van der Waals surface area contributed by atoms with Crippen LogP contribution in [0.25, 0.3) is 10.9 Å². The zero-order chi connectivity index (χ0) is 26.4. The largest absolute Gasteiger partial charge is 0.465 e. The van der Waals surface area contributed by atoms with Crippen molar-refractivity contribution in [1.29, 1.82) is 0 Å². The second-order valence-corrected chi connectivity index (χ2v) is 12.5. The highest BCUT2D eigenvalue weighted by Gasteiger charge is 2.33. The van der Waals surface area contributed by atoms with Gasteiger partial charge in [0.2, 0.25) is 0 Å². The molecule has 0 aliphatic heterocycles. The van der Waals surface area contributed by atoms with E-state index < -0.39 is 10.0 Å². The van der Waals surface area contributed by atoms with Gasteiger partial charge in [-0.15, -0.1) is 0 Å². The maximum atomic E-state index is 13.9. The molecule has 0 atom stereocenters. The molecule has 37 heavy (non-hydrogen) atoms. The molecule has 1 aliphatic rings. The monoisotopic (exact) mass is 518 g/mol. The van der Waals surface area contributed by atoms with E-state index in [2.05, 4.69) is 18.4 Å². The Hall–Kier alpha value is -3.32. The van der Waals surface area contributed by atoms with Gasteiger partial charge in [0, 0.05) is 28.9 Å². The van der Waals surface area contributed by atoms with Crippen LogP contribution in [-0.4, -0.2) is 29.5 Å². The Morgan fingerprint density at radius 1 is 1.05 bits per heavy atom. The summed E-state index contributed by atoms with van der Waals surface area (Å²) in [4.78, 5) is 12.8. The van der Waals surface area contributed by atoms with Crippen LogP contribution in [0.3, 0.4) is 0 Å². The Balaban J connectivity index is 1.67. The van der Waals surface area contributed by atoms with Gasteiger partial charge in [-0.05, 0) is 73.9 Å². The van der Waals surface area contributed by atoms with E-state index in [1.54, 1.807) is 24.3 Å². The molecule has 0 amide bonds. The maximum Gasteiger partial charge on any atom is 0.325 e. The van der Waals surface area contributed by atoms with E-state index in [1.807, 2.05) is 50.2 Å². The molecule has 2 heterocycles. The number of aromatic nitrogens is 2. The molecule has 0 saturated carbocycles. The van der Waals surface area contributed by atoms with Gasteiger partial charge in [0.15, 0.2) is 0 Å². The number of fused-ring (bicyclic) bond motifs is 2. The number of hydrogen-bond acceptors (Lipinski definition) is 4. The fraction of sp³-hybridized carbons (Fsp3) is 0.367. The number of ether oxygens (including phenoxy) is 1. The summed E-state index contributed by atoms with van der Waals surface area (Å²) in [6, 6.07) is 18.2. The predicted octanol–water partition coefficient (Wildman–Crippen LogP) is 5.66. The molecule has 2 aromatic carbocycles. The van der Waals surface area contributed by atoms with Crippen LogP contribution in [0, 0.1) is 12.3 Å². The molecule has 4 aromatic rings. The SMILES string of the molecule is CCOC(=O)Cn1c(C)c(Cc2cc3ccccc3n2S(=O)(=O)c2ccccc2)c2c1CC(C)(C)CC2. The first-order valence-electron chi connectivity index (χ1n) is 12.9. The third kappa shape index (κ3) is 4.61. The molecule has 0 bridgehead atoms. The van der Waals surface area contributed by atoms with Crippen LogP contribution < -0.4 is 0 Å². The first-order valence-corrected chi connectivity index (χ1v) is 14.3. The number of para-hydroxylation sites is 1. The van der Waals surface area contributed by atoms with Crippen LogP contribution in [-0.2, 0) is 45.4 Å². The van der Waals surface area contributed by atoms with Crippen LogP contribution in [0.5, 0.6) is 0 Å². The minimum absolute atomic E-state index is 0.132. The van der Waals surface area contributed by atoms with Gasteiger partial charge in [-0.2, -0.15) is 0 Å². The molecule has 0 unspecified atom stereocenters. The molecule has 1 aliphatic carbocycles.